The Kier molecular flexibility index (Phi) is 2.94. The molecule has 0 unspecified atom stereocenters. The minimum absolute atomic E-state index is 0.547. The van der Waals surface area contributed by atoms with E-state index in [1.165, 1.54) is 5.56 Å². The quantitative estimate of drug-likeness (QED) is 0.668. The first-order chi connectivity index (χ1) is 5.25. The Morgan fingerprint density at radius 1 is 1.55 bits per heavy atom. The van der Waals surface area contributed by atoms with Crippen molar-refractivity contribution in [2.24, 2.45) is 0 Å². The van der Waals surface area contributed by atoms with Crippen LogP contribution in [0.3, 0.4) is 0 Å². The molecular formula is C9H13NS. The number of pyridine rings is 1. The molecule has 60 valence electrons. The van der Waals surface area contributed by atoms with Crippen molar-refractivity contribution in [3.63, 3.8) is 0 Å². The van der Waals surface area contributed by atoms with Crippen LogP contribution in [0.1, 0.15) is 31.0 Å². The van der Waals surface area contributed by atoms with Crippen molar-refractivity contribution in [2.45, 2.75) is 25.5 Å². The smallest absolute Gasteiger partial charge is 0.0534 e. The number of aromatic nitrogens is 1. The van der Waals surface area contributed by atoms with Crippen molar-refractivity contribution < 1.29 is 0 Å². The normalized spacial score (nSPS) is 10.5. The van der Waals surface area contributed by atoms with Gasteiger partial charge in [-0.25, -0.2) is 0 Å². The average molecular weight is 167 g/mol. The van der Waals surface area contributed by atoms with Gasteiger partial charge >= 0.3 is 0 Å². The lowest BCUT2D eigenvalue weighted by atomic mass is 10.0. The highest BCUT2D eigenvalue weighted by Gasteiger charge is 2.04. The maximum absolute atomic E-state index is 4.24. The SMILES string of the molecule is CC(C)c1cccnc1CS. The van der Waals surface area contributed by atoms with Crippen molar-refractivity contribution in [1.82, 2.24) is 4.98 Å². The summed E-state index contributed by atoms with van der Waals surface area (Å²) in [5.74, 6) is 1.28. The van der Waals surface area contributed by atoms with E-state index in [1.807, 2.05) is 12.3 Å². The molecule has 0 atom stereocenters. The third-order valence-corrected chi connectivity index (χ3v) is 2.00. The zero-order valence-electron chi connectivity index (χ0n) is 6.91. The summed E-state index contributed by atoms with van der Waals surface area (Å²) in [5.41, 5.74) is 2.41. The monoisotopic (exact) mass is 167 g/mol. The zero-order chi connectivity index (χ0) is 8.27. The number of hydrogen-bond donors (Lipinski definition) is 1. The highest BCUT2D eigenvalue weighted by Crippen LogP contribution is 2.17. The van der Waals surface area contributed by atoms with Crippen molar-refractivity contribution >= 4 is 12.6 Å². The molecule has 0 aliphatic carbocycles. The summed E-state index contributed by atoms with van der Waals surface area (Å²) in [6, 6.07) is 4.09. The Labute approximate surface area is 73.3 Å². The first-order valence-electron chi connectivity index (χ1n) is 3.80. The van der Waals surface area contributed by atoms with Crippen molar-refractivity contribution in [3.8, 4) is 0 Å². The molecular weight excluding hydrogens is 154 g/mol. The lowest BCUT2D eigenvalue weighted by Gasteiger charge is -2.08. The van der Waals surface area contributed by atoms with Crippen LogP contribution in [-0.2, 0) is 5.75 Å². The van der Waals surface area contributed by atoms with Gasteiger partial charge in [-0.15, -0.1) is 0 Å². The maximum atomic E-state index is 4.24. The fraction of sp³-hybridized carbons (Fsp3) is 0.444. The Balaban J connectivity index is 3.02. The topological polar surface area (TPSA) is 12.9 Å². The Morgan fingerprint density at radius 2 is 2.27 bits per heavy atom. The third-order valence-electron chi connectivity index (χ3n) is 1.70. The standard InChI is InChI=1S/C9H13NS/c1-7(2)8-4-3-5-10-9(8)6-11/h3-5,7,11H,6H2,1-2H3. The summed E-state index contributed by atoms with van der Waals surface area (Å²) in [7, 11) is 0. The lowest BCUT2D eigenvalue weighted by molar-refractivity contribution is 0.840. The summed E-state index contributed by atoms with van der Waals surface area (Å²) in [6.07, 6.45) is 1.82. The predicted molar refractivity (Wildman–Crippen MR) is 51.0 cm³/mol. The Morgan fingerprint density at radius 3 is 2.73 bits per heavy atom. The molecule has 1 aromatic heterocycles. The van der Waals surface area contributed by atoms with Gasteiger partial charge in [0.15, 0.2) is 0 Å². The minimum atomic E-state index is 0.547. The molecule has 1 heterocycles. The largest absolute Gasteiger partial charge is 0.260 e. The van der Waals surface area contributed by atoms with E-state index in [0.717, 1.165) is 11.4 Å². The van der Waals surface area contributed by atoms with E-state index in [-0.39, 0.29) is 0 Å². The molecule has 0 saturated heterocycles. The Bertz CT molecular complexity index is 233. The van der Waals surface area contributed by atoms with Crippen molar-refractivity contribution in [3.05, 3.63) is 29.6 Å². The van der Waals surface area contributed by atoms with Gasteiger partial charge in [0.05, 0.1) is 5.69 Å². The molecule has 0 aromatic carbocycles. The van der Waals surface area contributed by atoms with Crippen molar-refractivity contribution in [2.75, 3.05) is 0 Å². The molecule has 0 aliphatic heterocycles. The number of hydrogen-bond acceptors (Lipinski definition) is 2. The van der Waals surface area contributed by atoms with Crippen LogP contribution < -0.4 is 0 Å². The van der Waals surface area contributed by atoms with E-state index in [2.05, 4.69) is 37.5 Å². The van der Waals surface area contributed by atoms with Gasteiger partial charge in [0.1, 0.15) is 0 Å². The molecule has 0 saturated carbocycles. The van der Waals surface area contributed by atoms with Gasteiger partial charge in [-0.3, -0.25) is 4.98 Å². The molecule has 2 heteroatoms. The highest BCUT2D eigenvalue weighted by atomic mass is 32.1. The molecule has 0 radical (unpaired) electrons. The first kappa shape index (κ1) is 8.60. The van der Waals surface area contributed by atoms with Gasteiger partial charge in [0.2, 0.25) is 0 Å². The second-order valence-electron chi connectivity index (χ2n) is 2.85. The number of rotatable bonds is 2. The van der Waals surface area contributed by atoms with E-state index in [9.17, 15) is 0 Å². The fourth-order valence-electron chi connectivity index (χ4n) is 1.11. The maximum Gasteiger partial charge on any atom is 0.0534 e. The van der Waals surface area contributed by atoms with Crippen LogP contribution >= 0.6 is 12.6 Å². The average Bonchev–Trinajstić information content (AvgIpc) is 2.04. The van der Waals surface area contributed by atoms with E-state index >= 15 is 0 Å². The van der Waals surface area contributed by atoms with Crippen LogP contribution in [0.5, 0.6) is 0 Å². The van der Waals surface area contributed by atoms with E-state index in [0.29, 0.717) is 5.92 Å². The van der Waals surface area contributed by atoms with E-state index in [1.54, 1.807) is 0 Å². The summed E-state index contributed by atoms with van der Waals surface area (Å²) in [4.78, 5) is 4.24. The van der Waals surface area contributed by atoms with Gasteiger partial charge < -0.3 is 0 Å². The van der Waals surface area contributed by atoms with Crippen LogP contribution in [0.2, 0.25) is 0 Å². The number of thiol groups is 1. The van der Waals surface area contributed by atoms with Gasteiger partial charge in [-0.05, 0) is 17.5 Å². The molecule has 1 rings (SSSR count). The molecule has 0 aliphatic rings. The summed E-state index contributed by atoms with van der Waals surface area (Å²) < 4.78 is 0. The van der Waals surface area contributed by atoms with Crippen LogP contribution in [-0.4, -0.2) is 4.98 Å². The molecule has 0 N–H and O–H groups in total. The summed E-state index contributed by atoms with van der Waals surface area (Å²) in [5, 5.41) is 0. The molecule has 1 nitrogen and oxygen atoms in total. The Hall–Kier alpha value is -0.500. The van der Waals surface area contributed by atoms with Crippen LogP contribution in [0.15, 0.2) is 18.3 Å². The second kappa shape index (κ2) is 3.77. The van der Waals surface area contributed by atoms with Crippen LogP contribution in [0.4, 0.5) is 0 Å². The second-order valence-corrected chi connectivity index (χ2v) is 3.17. The predicted octanol–water partition coefficient (Wildman–Crippen LogP) is 2.63. The van der Waals surface area contributed by atoms with E-state index in [4.69, 9.17) is 0 Å². The van der Waals surface area contributed by atoms with E-state index < -0.39 is 0 Å². The molecule has 0 bridgehead atoms. The van der Waals surface area contributed by atoms with Crippen LogP contribution in [0.25, 0.3) is 0 Å². The molecule has 0 fully saturated rings. The summed E-state index contributed by atoms with van der Waals surface area (Å²) >= 11 is 4.21. The molecule has 1 aromatic rings. The van der Waals surface area contributed by atoms with Gasteiger partial charge in [0.25, 0.3) is 0 Å². The highest BCUT2D eigenvalue weighted by molar-refractivity contribution is 7.79. The molecule has 0 amide bonds. The van der Waals surface area contributed by atoms with Gasteiger partial charge in [0, 0.05) is 11.9 Å². The first-order valence-corrected chi connectivity index (χ1v) is 4.43. The lowest BCUT2D eigenvalue weighted by Crippen LogP contribution is -1.96. The van der Waals surface area contributed by atoms with Crippen LogP contribution in [0, 0.1) is 0 Å². The molecule has 0 spiro atoms. The third kappa shape index (κ3) is 1.96. The zero-order valence-corrected chi connectivity index (χ0v) is 7.81. The van der Waals surface area contributed by atoms with Crippen molar-refractivity contribution in [1.29, 1.82) is 0 Å². The minimum Gasteiger partial charge on any atom is -0.260 e. The summed E-state index contributed by atoms with van der Waals surface area (Å²) in [6.45, 7) is 4.34. The molecule has 11 heavy (non-hydrogen) atoms. The fourth-order valence-corrected chi connectivity index (χ4v) is 1.37. The van der Waals surface area contributed by atoms with Gasteiger partial charge in [-0.2, -0.15) is 12.6 Å². The number of nitrogens with zero attached hydrogens (tertiary/aromatic N) is 1. The van der Waals surface area contributed by atoms with Gasteiger partial charge in [-0.1, -0.05) is 19.9 Å².